The molecule has 2 atom stereocenters. The largest absolute Gasteiger partial charge is 0.334 e. The van der Waals surface area contributed by atoms with E-state index >= 15 is 0 Å². The van der Waals surface area contributed by atoms with Gasteiger partial charge in [-0.05, 0) is 42.7 Å². The van der Waals surface area contributed by atoms with Gasteiger partial charge in [-0.3, -0.25) is 9.59 Å². The Morgan fingerprint density at radius 2 is 1.88 bits per heavy atom. The maximum Gasteiger partial charge on any atom is 0.263 e. The lowest BCUT2D eigenvalue weighted by molar-refractivity contribution is -0.117. The molecule has 0 radical (unpaired) electrons. The molecule has 2 aromatic rings. The van der Waals surface area contributed by atoms with Crippen molar-refractivity contribution >= 4 is 52.3 Å². The fourth-order valence-corrected chi connectivity index (χ4v) is 4.66. The molecular formula is C22H16Cl3F2N3O2. The molecule has 0 aromatic heterocycles. The summed E-state index contributed by atoms with van der Waals surface area (Å²) in [5.41, 5.74) is -0.231. The second kappa shape index (κ2) is 8.18. The van der Waals surface area contributed by atoms with Crippen molar-refractivity contribution < 1.29 is 18.4 Å². The van der Waals surface area contributed by atoms with Gasteiger partial charge in [0.1, 0.15) is 9.87 Å². The average molecular weight is 499 g/mol. The van der Waals surface area contributed by atoms with Crippen molar-refractivity contribution in [3.63, 3.8) is 0 Å². The minimum atomic E-state index is -2.66. The zero-order chi connectivity index (χ0) is 23.3. The third-order valence-corrected chi connectivity index (χ3v) is 6.92. The Hall–Kier alpha value is -2.40. The van der Waals surface area contributed by atoms with E-state index in [1.54, 1.807) is 6.07 Å². The molecule has 2 amide bonds. The number of carbonyl (C=O) groups excluding carboxylic acids is 2. The predicted molar refractivity (Wildman–Crippen MR) is 117 cm³/mol. The molecule has 2 aromatic carbocycles. The van der Waals surface area contributed by atoms with Crippen LogP contribution in [-0.4, -0.2) is 21.7 Å². The molecule has 0 bridgehead atoms. The van der Waals surface area contributed by atoms with Crippen LogP contribution < -0.4 is 10.6 Å². The first kappa shape index (κ1) is 22.8. The maximum absolute atomic E-state index is 13.0. The van der Waals surface area contributed by atoms with Crippen LogP contribution in [0.1, 0.15) is 46.7 Å². The molecule has 10 heteroatoms. The summed E-state index contributed by atoms with van der Waals surface area (Å²) in [5.74, 6) is -2.58. The number of nitriles is 1. The number of anilines is 1. The summed E-state index contributed by atoms with van der Waals surface area (Å²) in [5, 5.41) is 14.6. The number of benzene rings is 2. The van der Waals surface area contributed by atoms with Crippen LogP contribution in [0.3, 0.4) is 0 Å². The summed E-state index contributed by atoms with van der Waals surface area (Å²) in [4.78, 5) is 25.4. The first-order chi connectivity index (χ1) is 15.1. The minimum Gasteiger partial charge on any atom is -0.334 e. The fourth-order valence-electron chi connectivity index (χ4n) is 3.63. The van der Waals surface area contributed by atoms with Crippen LogP contribution in [0.15, 0.2) is 42.5 Å². The molecule has 2 aliphatic carbocycles. The summed E-state index contributed by atoms with van der Waals surface area (Å²) in [6.07, 6.45) is -1.53. The Labute approximate surface area is 197 Å². The van der Waals surface area contributed by atoms with Crippen molar-refractivity contribution in [1.29, 1.82) is 5.26 Å². The predicted octanol–water partition coefficient (Wildman–Crippen LogP) is 5.59. The molecule has 0 aliphatic heterocycles. The molecule has 5 nitrogen and oxygen atoms in total. The number of alkyl halides is 4. The highest BCUT2D eigenvalue weighted by molar-refractivity contribution is 6.53. The van der Waals surface area contributed by atoms with Crippen LogP contribution in [0.5, 0.6) is 0 Å². The molecule has 166 valence electrons. The molecule has 2 saturated carbocycles. The molecule has 2 fully saturated rings. The highest BCUT2D eigenvalue weighted by Gasteiger charge is 2.67. The second-order valence-electron chi connectivity index (χ2n) is 7.93. The van der Waals surface area contributed by atoms with Gasteiger partial charge >= 0.3 is 0 Å². The van der Waals surface area contributed by atoms with Gasteiger partial charge in [-0.25, -0.2) is 8.78 Å². The summed E-state index contributed by atoms with van der Waals surface area (Å²) < 4.78 is 24.6. The molecule has 2 N–H and O–H groups in total. The van der Waals surface area contributed by atoms with Crippen molar-refractivity contribution in [2.45, 2.75) is 35.1 Å². The van der Waals surface area contributed by atoms with Crippen molar-refractivity contribution in [3.8, 4) is 6.07 Å². The number of carbonyl (C=O) groups is 2. The van der Waals surface area contributed by atoms with Crippen LogP contribution in [0, 0.1) is 17.2 Å². The third kappa shape index (κ3) is 4.27. The van der Waals surface area contributed by atoms with E-state index < -0.39 is 39.9 Å². The minimum absolute atomic E-state index is 0.103. The van der Waals surface area contributed by atoms with E-state index in [1.165, 1.54) is 36.4 Å². The van der Waals surface area contributed by atoms with Gasteiger partial charge < -0.3 is 10.6 Å². The Balaban J connectivity index is 1.50. The topological polar surface area (TPSA) is 82.0 Å². The number of rotatable bonds is 6. The fraction of sp³-hybridized carbons (Fsp3) is 0.318. The van der Waals surface area contributed by atoms with Crippen molar-refractivity contribution in [2.75, 3.05) is 5.32 Å². The zero-order valence-electron chi connectivity index (χ0n) is 16.3. The van der Waals surface area contributed by atoms with Crippen LogP contribution in [0.25, 0.3) is 0 Å². The Morgan fingerprint density at radius 3 is 2.50 bits per heavy atom. The number of nitrogens with zero attached hydrogens (tertiary/aromatic N) is 1. The Morgan fingerprint density at radius 1 is 1.16 bits per heavy atom. The zero-order valence-corrected chi connectivity index (χ0v) is 18.6. The number of hydrogen-bond donors (Lipinski definition) is 2. The molecule has 0 heterocycles. The molecule has 2 unspecified atom stereocenters. The van der Waals surface area contributed by atoms with E-state index in [0.29, 0.717) is 18.4 Å². The van der Waals surface area contributed by atoms with E-state index in [-0.39, 0.29) is 21.8 Å². The van der Waals surface area contributed by atoms with E-state index in [2.05, 4.69) is 16.7 Å². The lowest BCUT2D eigenvalue weighted by atomic mass is 10.1. The quantitative estimate of drug-likeness (QED) is 0.509. The lowest BCUT2D eigenvalue weighted by Gasteiger charge is -2.12. The summed E-state index contributed by atoms with van der Waals surface area (Å²) >= 11 is 18.7. The summed E-state index contributed by atoms with van der Waals surface area (Å²) in [6, 6.07) is 12.0. The Bertz CT molecular complexity index is 1150. The van der Waals surface area contributed by atoms with Gasteiger partial charge in [-0.1, -0.05) is 29.8 Å². The van der Waals surface area contributed by atoms with Gasteiger partial charge in [0, 0.05) is 17.2 Å². The highest BCUT2D eigenvalue weighted by atomic mass is 35.5. The molecule has 0 saturated heterocycles. The third-order valence-electron chi connectivity index (χ3n) is 5.65. The van der Waals surface area contributed by atoms with Crippen LogP contribution in [0.2, 0.25) is 5.02 Å². The van der Waals surface area contributed by atoms with E-state index in [9.17, 15) is 18.4 Å². The van der Waals surface area contributed by atoms with E-state index in [0.717, 1.165) is 0 Å². The first-order valence-corrected chi connectivity index (χ1v) is 10.8. The molecule has 0 spiro atoms. The van der Waals surface area contributed by atoms with Crippen molar-refractivity contribution in [2.24, 2.45) is 5.92 Å². The molecular weight excluding hydrogens is 483 g/mol. The molecule has 4 rings (SSSR count). The lowest BCUT2D eigenvalue weighted by Crippen LogP contribution is -2.35. The van der Waals surface area contributed by atoms with Gasteiger partial charge in [0.15, 0.2) is 0 Å². The van der Waals surface area contributed by atoms with Crippen LogP contribution in [-0.2, 0) is 4.79 Å². The molecule has 2 aliphatic rings. The standard InChI is InChI=1S/C22H16Cl3F2N3O2/c23-15-5-4-13(9-14(15)19(31)30-21(10-28)6-7-21)29-20(32)17-16(22(17,24)25)11-2-1-3-12(8-11)18(26)27/h1-5,8-9,16-18H,6-7H2,(H,29,32)(H,30,31). The van der Waals surface area contributed by atoms with E-state index in [1.807, 2.05) is 0 Å². The van der Waals surface area contributed by atoms with Gasteiger partial charge in [-0.15, -0.1) is 23.2 Å². The number of amides is 2. The highest BCUT2D eigenvalue weighted by Crippen LogP contribution is 2.65. The molecule has 32 heavy (non-hydrogen) atoms. The SMILES string of the molecule is N#CC1(NC(=O)c2cc(NC(=O)C3C(c4cccc(C(F)F)c4)C3(Cl)Cl)ccc2Cl)CC1. The summed E-state index contributed by atoms with van der Waals surface area (Å²) in [7, 11) is 0. The van der Waals surface area contributed by atoms with Crippen LogP contribution >= 0.6 is 34.8 Å². The number of hydrogen-bond acceptors (Lipinski definition) is 3. The smallest absolute Gasteiger partial charge is 0.263 e. The van der Waals surface area contributed by atoms with Gasteiger partial charge in [0.05, 0.1) is 22.6 Å². The Kier molecular flexibility index (Phi) is 5.83. The van der Waals surface area contributed by atoms with E-state index in [4.69, 9.17) is 40.1 Å². The van der Waals surface area contributed by atoms with Crippen LogP contribution in [0.4, 0.5) is 14.5 Å². The maximum atomic E-state index is 13.0. The van der Waals surface area contributed by atoms with Gasteiger partial charge in [0.2, 0.25) is 5.91 Å². The average Bonchev–Trinajstić information content (AvgIpc) is 3.64. The van der Waals surface area contributed by atoms with Gasteiger partial charge in [-0.2, -0.15) is 5.26 Å². The van der Waals surface area contributed by atoms with Gasteiger partial charge in [0.25, 0.3) is 12.3 Å². The first-order valence-electron chi connectivity index (χ1n) is 9.68. The van der Waals surface area contributed by atoms with Crippen molar-refractivity contribution in [3.05, 3.63) is 64.2 Å². The second-order valence-corrected chi connectivity index (χ2v) is 9.78. The number of nitrogens with one attached hydrogen (secondary N) is 2. The van der Waals surface area contributed by atoms with Crippen molar-refractivity contribution in [1.82, 2.24) is 5.32 Å². The summed E-state index contributed by atoms with van der Waals surface area (Å²) in [6.45, 7) is 0. The number of halogens is 5. The monoisotopic (exact) mass is 497 g/mol. The normalized spacial score (nSPS) is 22.0.